The van der Waals surface area contributed by atoms with Crippen LogP contribution in [0.25, 0.3) is 0 Å². The van der Waals surface area contributed by atoms with Crippen LogP contribution in [0.15, 0.2) is 42.5 Å². The number of benzene rings is 2. The van der Waals surface area contributed by atoms with Gasteiger partial charge in [0.15, 0.2) is 0 Å². The van der Waals surface area contributed by atoms with Crippen LogP contribution in [0.2, 0.25) is 0 Å². The molecule has 106 valence electrons. The molecule has 3 heteroatoms. The predicted octanol–water partition coefficient (Wildman–Crippen LogP) is 3.40. The van der Waals surface area contributed by atoms with Crippen LogP contribution in [0.5, 0.6) is 5.75 Å². The van der Waals surface area contributed by atoms with Crippen molar-refractivity contribution in [1.82, 2.24) is 0 Å². The molecule has 0 unspecified atom stereocenters. The molecule has 0 aromatic heterocycles. The van der Waals surface area contributed by atoms with E-state index in [0.29, 0.717) is 6.61 Å². The number of nitrogens with zero attached hydrogens (tertiary/aromatic N) is 1. The van der Waals surface area contributed by atoms with E-state index in [0.717, 1.165) is 29.2 Å². The summed E-state index contributed by atoms with van der Waals surface area (Å²) < 4.78 is 5.87. The van der Waals surface area contributed by atoms with Crippen LogP contribution in [0.4, 0.5) is 11.4 Å². The first-order chi connectivity index (χ1) is 9.58. The number of likely N-dealkylation sites (N-methyl/N-ethyl adjacent to an activating group) is 1. The lowest BCUT2D eigenvalue weighted by molar-refractivity contribution is 0.323. The summed E-state index contributed by atoms with van der Waals surface area (Å²) in [6.07, 6.45) is 0. The minimum atomic E-state index is 0.634. The number of nitrogen functional groups attached to an aromatic ring is 1. The van der Waals surface area contributed by atoms with Gasteiger partial charge in [-0.15, -0.1) is 0 Å². The van der Waals surface area contributed by atoms with E-state index in [1.54, 1.807) is 0 Å². The molecule has 0 bridgehead atoms. The van der Waals surface area contributed by atoms with Crippen LogP contribution >= 0.6 is 0 Å². The molecule has 2 aromatic rings. The molecule has 0 saturated heterocycles. The summed E-state index contributed by atoms with van der Waals surface area (Å²) in [4.78, 5) is 2.11. The highest BCUT2D eigenvalue weighted by molar-refractivity contribution is 5.66. The molecule has 0 aliphatic rings. The molecular weight excluding hydrogens is 248 g/mol. The number of ether oxygens (including phenoxy) is 1. The van der Waals surface area contributed by atoms with Crippen molar-refractivity contribution in [3.63, 3.8) is 0 Å². The minimum absolute atomic E-state index is 0.634. The molecule has 2 rings (SSSR count). The zero-order valence-corrected chi connectivity index (χ0v) is 12.4. The number of hydrogen-bond acceptors (Lipinski definition) is 3. The smallest absolute Gasteiger partial charge is 0.122 e. The van der Waals surface area contributed by atoms with E-state index in [1.165, 1.54) is 5.56 Å². The summed E-state index contributed by atoms with van der Waals surface area (Å²) in [5.41, 5.74) is 10.2. The van der Waals surface area contributed by atoms with Crippen molar-refractivity contribution >= 4 is 11.4 Å². The monoisotopic (exact) mass is 270 g/mol. The lowest BCUT2D eigenvalue weighted by Crippen LogP contribution is -2.24. The second-order valence-electron chi connectivity index (χ2n) is 5.10. The molecule has 0 fully saturated rings. The van der Waals surface area contributed by atoms with E-state index < -0.39 is 0 Å². The van der Waals surface area contributed by atoms with Gasteiger partial charge in [0.1, 0.15) is 12.4 Å². The Hall–Kier alpha value is -2.16. The molecule has 0 aliphatic heterocycles. The normalized spacial score (nSPS) is 10.3. The Balaban J connectivity index is 1.93. The molecule has 0 radical (unpaired) electrons. The largest absolute Gasteiger partial charge is 0.491 e. The molecule has 3 nitrogen and oxygen atoms in total. The van der Waals surface area contributed by atoms with Crippen LogP contribution in [-0.2, 0) is 0 Å². The third-order valence-electron chi connectivity index (χ3n) is 3.38. The maximum absolute atomic E-state index is 5.97. The van der Waals surface area contributed by atoms with Crippen LogP contribution in [0.1, 0.15) is 11.1 Å². The zero-order chi connectivity index (χ0) is 14.5. The third-order valence-corrected chi connectivity index (χ3v) is 3.38. The van der Waals surface area contributed by atoms with Gasteiger partial charge >= 0.3 is 0 Å². The van der Waals surface area contributed by atoms with Gasteiger partial charge in [-0.3, -0.25) is 0 Å². The molecule has 0 heterocycles. The van der Waals surface area contributed by atoms with Gasteiger partial charge in [-0.2, -0.15) is 0 Å². The molecule has 0 atom stereocenters. The van der Waals surface area contributed by atoms with Crippen molar-refractivity contribution in [3.05, 3.63) is 53.6 Å². The lowest BCUT2D eigenvalue weighted by Gasteiger charge is -2.21. The van der Waals surface area contributed by atoms with Gasteiger partial charge in [-0.25, -0.2) is 0 Å². The van der Waals surface area contributed by atoms with Gasteiger partial charge in [0.2, 0.25) is 0 Å². The highest BCUT2D eigenvalue weighted by Gasteiger charge is 2.05. The Morgan fingerprint density at radius 3 is 2.60 bits per heavy atom. The Bertz CT molecular complexity index is 581. The van der Waals surface area contributed by atoms with E-state index in [9.17, 15) is 0 Å². The van der Waals surface area contributed by atoms with Crippen LogP contribution in [0, 0.1) is 13.8 Å². The molecule has 0 aliphatic carbocycles. The zero-order valence-electron chi connectivity index (χ0n) is 12.4. The fourth-order valence-corrected chi connectivity index (χ4v) is 2.11. The summed E-state index contributed by atoms with van der Waals surface area (Å²) in [6.45, 7) is 5.56. The minimum Gasteiger partial charge on any atom is -0.491 e. The average molecular weight is 270 g/mol. The van der Waals surface area contributed by atoms with E-state index in [-0.39, 0.29) is 0 Å². The van der Waals surface area contributed by atoms with Crippen molar-refractivity contribution in [2.45, 2.75) is 13.8 Å². The highest BCUT2D eigenvalue weighted by Crippen LogP contribution is 2.22. The number of aryl methyl sites for hydroxylation is 2. The predicted molar refractivity (Wildman–Crippen MR) is 85.5 cm³/mol. The number of anilines is 2. The van der Waals surface area contributed by atoms with Crippen LogP contribution < -0.4 is 15.4 Å². The maximum atomic E-state index is 5.97. The maximum Gasteiger partial charge on any atom is 0.122 e. The first-order valence-electron chi connectivity index (χ1n) is 6.83. The van der Waals surface area contributed by atoms with Crippen molar-refractivity contribution < 1.29 is 4.74 Å². The quantitative estimate of drug-likeness (QED) is 0.846. The Morgan fingerprint density at radius 2 is 1.85 bits per heavy atom. The standard InChI is InChI=1S/C17H22N2O/c1-13-8-9-14(2)17(12-13)20-11-10-19(3)16-7-5-4-6-15(16)18/h4-9,12H,10-11,18H2,1-3H3. The van der Waals surface area contributed by atoms with Crippen molar-refractivity contribution in [2.75, 3.05) is 30.8 Å². The van der Waals surface area contributed by atoms with E-state index in [1.807, 2.05) is 31.3 Å². The molecular formula is C17H22N2O. The van der Waals surface area contributed by atoms with Gasteiger partial charge < -0.3 is 15.4 Å². The summed E-state index contributed by atoms with van der Waals surface area (Å²) in [5, 5.41) is 0. The SMILES string of the molecule is Cc1ccc(C)c(OCCN(C)c2ccccc2N)c1. The number of para-hydroxylation sites is 2. The number of hydrogen-bond donors (Lipinski definition) is 1. The van der Waals surface area contributed by atoms with Gasteiger partial charge in [0.05, 0.1) is 17.9 Å². The van der Waals surface area contributed by atoms with Crippen molar-refractivity contribution in [2.24, 2.45) is 0 Å². The van der Waals surface area contributed by atoms with Crippen molar-refractivity contribution in [1.29, 1.82) is 0 Å². The molecule has 0 saturated carbocycles. The van der Waals surface area contributed by atoms with E-state index in [2.05, 4.69) is 36.9 Å². The molecule has 0 spiro atoms. The van der Waals surface area contributed by atoms with Gasteiger partial charge in [-0.05, 0) is 43.2 Å². The average Bonchev–Trinajstić information content (AvgIpc) is 2.43. The first-order valence-corrected chi connectivity index (χ1v) is 6.83. The Morgan fingerprint density at radius 1 is 1.10 bits per heavy atom. The molecule has 2 N–H and O–H groups in total. The molecule has 0 amide bonds. The summed E-state index contributed by atoms with van der Waals surface area (Å²) in [6, 6.07) is 14.1. The van der Waals surface area contributed by atoms with Crippen molar-refractivity contribution in [3.8, 4) is 5.75 Å². The van der Waals surface area contributed by atoms with Gasteiger partial charge in [0, 0.05) is 7.05 Å². The van der Waals surface area contributed by atoms with Gasteiger partial charge in [-0.1, -0.05) is 24.3 Å². The topological polar surface area (TPSA) is 38.5 Å². The molecule has 2 aromatic carbocycles. The first kappa shape index (κ1) is 14.3. The van der Waals surface area contributed by atoms with Gasteiger partial charge in [0.25, 0.3) is 0 Å². The fourth-order valence-electron chi connectivity index (χ4n) is 2.11. The Labute approximate surface area is 121 Å². The second kappa shape index (κ2) is 6.33. The highest BCUT2D eigenvalue weighted by atomic mass is 16.5. The summed E-state index contributed by atoms with van der Waals surface area (Å²) in [5.74, 6) is 0.958. The lowest BCUT2D eigenvalue weighted by atomic mass is 10.1. The van der Waals surface area contributed by atoms with E-state index >= 15 is 0 Å². The fraction of sp³-hybridized carbons (Fsp3) is 0.294. The van der Waals surface area contributed by atoms with E-state index in [4.69, 9.17) is 10.5 Å². The Kier molecular flexibility index (Phi) is 4.51. The summed E-state index contributed by atoms with van der Waals surface area (Å²) >= 11 is 0. The third kappa shape index (κ3) is 3.44. The molecule has 20 heavy (non-hydrogen) atoms. The van der Waals surface area contributed by atoms with Crippen LogP contribution in [0.3, 0.4) is 0 Å². The number of rotatable bonds is 5. The number of nitrogens with two attached hydrogens (primary N) is 1. The van der Waals surface area contributed by atoms with Crippen LogP contribution in [-0.4, -0.2) is 20.2 Å². The second-order valence-corrected chi connectivity index (χ2v) is 5.10. The summed E-state index contributed by atoms with van der Waals surface area (Å²) in [7, 11) is 2.03.